The number of aromatic nitrogens is 1. The Bertz CT molecular complexity index is 712. The summed E-state index contributed by atoms with van der Waals surface area (Å²) in [6.07, 6.45) is 3.33. The molecular weight excluding hydrogens is 308 g/mol. The van der Waals surface area contributed by atoms with Crippen molar-refractivity contribution in [1.29, 1.82) is 0 Å². The minimum absolute atomic E-state index is 0.162. The minimum atomic E-state index is -0.162. The Labute approximate surface area is 128 Å². The maximum atomic E-state index is 11.8. The molecule has 0 saturated carbocycles. The molecule has 0 unspecified atom stereocenters. The molecule has 0 bridgehead atoms. The zero-order valence-corrected chi connectivity index (χ0v) is 12.7. The highest BCUT2D eigenvalue weighted by Crippen LogP contribution is 2.28. The molecule has 1 N–H and O–H groups in total. The molecule has 0 aliphatic heterocycles. The van der Waals surface area contributed by atoms with Gasteiger partial charge in [-0.25, -0.2) is 4.98 Å². The summed E-state index contributed by atoms with van der Waals surface area (Å²) in [4.78, 5) is 18.3. The lowest BCUT2D eigenvalue weighted by Crippen LogP contribution is -2.07. The van der Waals surface area contributed by atoms with Crippen LogP contribution >= 0.6 is 34.0 Å². The first kappa shape index (κ1) is 13.2. The number of hydrogen-bond acceptors (Lipinski definition) is 5. The van der Waals surface area contributed by atoms with E-state index in [-0.39, 0.29) is 5.91 Å². The Morgan fingerprint density at radius 2 is 2.00 bits per heavy atom. The number of nitrogens with one attached hydrogen (secondary N) is 1. The molecule has 0 aliphatic rings. The van der Waals surface area contributed by atoms with Crippen LogP contribution < -0.4 is 5.32 Å². The first-order chi connectivity index (χ1) is 9.81. The fourth-order valence-corrected chi connectivity index (χ4v) is 3.65. The van der Waals surface area contributed by atoms with Gasteiger partial charge in [0.25, 0.3) is 0 Å². The molecule has 3 aromatic rings. The first-order valence-corrected chi connectivity index (χ1v) is 8.47. The van der Waals surface area contributed by atoms with E-state index in [9.17, 15) is 4.79 Å². The smallest absolute Gasteiger partial charge is 0.250 e. The number of amides is 1. The lowest BCUT2D eigenvalue weighted by Gasteiger charge is -1.95. The van der Waals surface area contributed by atoms with Gasteiger partial charge in [0.2, 0.25) is 5.91 Å². The number of hydrogen-bond donors (Lipinski definition) is 1. The molecule has 20 heavy (non-hydrogen) atoms. The molecule has 0 aliphatic carbocycles. The average molecular weight is 318 g/mol. The Morgan fingerprint density at radius 3 is 2.75 bits per heavy atom. The van der Waals surface area contributed by atoms with E-state index in [0.29, 0.717) is 5.13 Å². The SMILES string of the molecule is O=C(/C=C/c1cccs1)Nc1nc(-c2cccs2)cs1. The summed E-state index contributed by atoms with van der Waals surface area (Å²) in [5.74, 6) is -0.162. The Morgan fingerprint density at radius 1 is 1.15 bits per heavy atom. The summed E-state index contributed by atoms with van der Waals surface area (Å²) in [6, 6.07) is 7.92. The van der Waals surface area contributed by atoms with Crippen LogP contribution in [0.5, 0.6) is 0 Å². The maximum Gasteiger partial charge on any atom is 0.250 e. The van der Waals surface area contributed by atoms with Crippen molar-refractivity contribution >= 4 is 51.1 Å². The third-order valence-electron chi connectivity index (χ3n) is 2.45. The largest absolute Gasteiger partial charge is 0.298 e. The topological polar surface area (TPSA) is 42.0 Å². The quantitative estimate of drug-likeness (QED) is 0.715. The highest BCUT2D eigenvalue weighted by atomic mass is 32.1. The second-order valence-electron chi connectivity index (χ2n) is 3.85. The molecular formula is C14H10N2OS3. The summed E-state index contributed by atoms with van der Waals surface area (Å²) in [5.41, 5.74) is 0.905. The fourth-order valence-electron chi connectivity index (χ4n) is 1.56. The van der Waals surface area contributed by atoms with E-state index in [4.69, 9.17) is 0 Å². The van der Waals surface area contributed by atoms with Crippen molar-refractivity contribution in [3.8, 4) is 10.6 Å². The number of rotatable bonds is 4. The monoisotopic (exact) mass is 318 g/mol. The predicted octanol–water partition coefficient (Wildman–Crippen LogP) is 4.59. The first-order valence-electron chi connectivity index (χ1n) is 5.83. The second kappa shape index (κ2) is 6.13. The van der Waals surface area contributed by atoms with Gasteiger partial charge in [0.05, 0.1) is 10.6 Å². The van der Waals surface area contributed by atoms with Crippen molar-refractivity contribution in [2.75, 3.05) is 5.32 Å². The van der Waals surface area contributed by atoms with Crippen LogP contribution in [0.15, 0.2) is 46.5 Å². The van der Waals surface area contributed by atoms with Crippen LogP contribution in [0.25, 0.3) is 16.6 Å². The molecule has 6 heteroatoms. The Balaban J connectivity index is 1.65. The van der Waals surface area contributed by atoms with Crippen molar-refractivity contribution in [3.63, 3.8) is 0 Å². The fraction of sp³-hybridized carbons (Fsp3) is 0. The van der Waals surface area contributed by atoms with Crippen LogP contribution in [0, 0.1) is 0 Å². The van der Waals surface area contributed by atoms with E-state index >= 15 is 0 Å². The summed E-state index contributed by atoms with van der Waals surface area (Å²) < 4.78 is 0. The van der Waals surface area contributed by atoms with E-state index < -0.39 is 0 Å². The zero-order chi connectivity index (χ0) is 13.8. The van der Waals surface area contributed by atoms with Crippen LogP contribution in [-0.4, -0.2) is 10.9 Å². The predicted molar refractivity (Wildman–Crippen MR) is 87.4 cm³/mol. The van der Waals surface area contributed by atoms with Crippen LogP contribution in [0.3, 0.4) is 0 Å². The number of anilines is 1. The van der Waals surface area contributed by atoms with Crippen LogP contribution in [-0.2, 0) is 4.79 Å². The van der Waals surface area contributed by atoms with E-state index in [1.165, 1.54) is 17.4 Å². The Kier molecular flexibility index (Phi) is 4.05. The number of carbonyl (C=O) groups is 1. The molecule has 100 valence electrons. The van der Waals surface area contributed by atoms with Crippen molar-refractivity contribution in [2.24, 2.45) is 0 Å². The van der Waals surface area contributed by atoms with Crippen molar-refractivity contribution < 1.29 is 4.79 Å². The van der Waals surface area contributed by atoms with Gasteiger partial charge in [-0.15, -0.1) is 34.0 Å². The number of thiazole rings is 1. The van der Waals surface area contributed by atoms with E-state index in [1.807, 2.05) is 40.4 Å². The summed E-state index contributed by atoms with van der Waals surface area (Å²) in [6.45, 7) is 0. The van der Waals surface area contributed by atoms with Gasteiger partial charge in [0.1, 0.15) is 0 Å². The van der Waals surface area contributed by atoms with Gasteiger partial charge in [-0.3, -0.25) is 10.1 Å². The second-order valence-corrected chi connectivity index (χ2v) is 6.64. The molecule has 3 rings (SSSR count). The van der Waals surface area contributed by atoms with Gasteiger partial charge in [-0.1, -0.05) is 12.1 Å². The van der Waals surface area contributed by atoms with Gasteiger partial charge in [-0.05, 0) is 29.0 Å². The molecule has 3 heterocycles. The molecule has 0 aromatic carbocycles. The van der Waals surface area contributed by atoms with Crippen molar-refractivity contribution in [1.82, 2.24) is 4.98 Å². The van der Waals surface area contributed by atoms with Crippen LogP contribution in [0.2, 0.25) is 0 Å². The van der Waals surface area contributed by atoms with Gasteiger partial charge in [0.15, 0.2) is 5.13 Å². The summed E-state index contributed by atoms with van der Waals surface area (Å²) >= 11 is 4.66. The molecule has 0 saturated heterocycles. The molecule has 0 radical (unpaired) electrons. The summed E-state index contributed by atoms with van der Waals surface area (Å²) in [7, 11) is 0. The molecule has 3 nitrogen and oxygen atoms in total. The standard InChI is InChI=1S/C14H10N2OS3/c17-13(6-5-10-3-1-7-18-10)16-14-15-11(9-20-14)12-4-2-8-19-12/h1-9H,(H,15,16,17)/b6-5+. The molecule has 0 fully saturated rings. The molecule has 0 atom stereocenters. The van der Waals surface area contributed by atoms with Crippen molar-refractivity contribution in [2.45, 2.75) is 0 Å². The van der Waals surface area contributed by atoms with E-state index in [1.54, 1.807) is 28.7 Å². The highest BCUT2D eigenvalue weighted by molar-refractivity contribution is 7.16. The normalized spacial score (nSPS) is 11.0. The lowest BCUT2D eigenvalue weighted by molar-refractivity contribution is -0.111. The Hall–Kier alpha value is -1.76. The minimum Gasteiger partial charge on any atom is -0.298 e. The maximum absolute atomic E-state index is 11.8. The van der Waals surface area contributed by atoms with Crippen LogP contribution in [0.1, 0.15) is 4.88 Å². The van der Waals surface area contributed by atoms with Crippen molar-refractivity contribution in [3.05, 3.63) is 51.4 Å². The molecule has 0 spiro atoms. The third-order valence-corrected chi connectivity index (χ3v) is 4.94. The summed E-state index contributed by atoms with van der Waals surface area (Å²) in [5, 5.41) is 9.33. The third kappa shape index (κ3) is 3.22. The number of nitrogens with zero attached hydrogens (tertiary/aromatic N) is 1. The number of thiophene rings is 2. The molecule has 1 amide bonds. The van der Waals surface area contributed by atoms with Gasteiger partial charge < -0.3 is 0 Å². The van der Waals surface area contributed by atoms with E-state index in [0.717, 1.165) is 15.4 Å². The van der Waals surface area contributed by atoms with E-state index in [2.05, 4.69) is 10.3 Å². The highest BCUT2D eigenvalue weighted by Gasteiger charge is 2.06. The molecule has 3 aromatic heterocycles. The van der Waals surface area contributed by atoms with Gasteiger partial charge >= 0.3 is 0 Å². The van der Waals surface area contributed by atoms with Crippen LogP contribution in [0.4, 0.5) is 5.13 Å². The number of carbonyl (C=O) groups excluding carboxylic acids is 1. The lowest BCUT2D eigenvalue weighted by atomic mass is 10.4. The average Bonchev–Trinajstić information content (AvgIpc) is 3.18. The van der Waals surface area contributed by atoms with Gasteiger partial charge in [0, 0.05) is 16.3 Å². The van der Waals surface area contributed by atoms with Gasteiger partial charge in [-0.2, -0.15) is 0 Å². The zero-order valence-electron chi connectivity index (χ0n) is 10.3.